The molecule has 3 fully saturated rings. The molecule has 0 bridgehead atoms. The maximum atomic E-state index is 12.9. The fraction of sp³-hybridized carbons (Fsp3) is 0.667. The fourth-order valence-corrected chi connectivity index (χ4v) is 5.31. The van der Waals surface area contributed by atoms with Crippen molar-refractivity contribution in [2.24, 2.45) is 11.3 Å². The minimum absolute atomic E-state index is 0.0273. The molecule has 0 unspecified atom stereocenters. The summed E-state index contributed by atoms with van der Waals surface area (Å²) in [5, 5.41) is 20.7. The van der Waals surface area contributed by atoms with Gasteiger partial charge in [0, 0.05) is 38.2 Å². The summed E-state index contributed by atoms with van der Waals surface area (Å²) in [6, 6.07) is 10.1. The van der Waals surface area contributed by atoms with Crippen LogP contribution in [0.5, 0.6) is 0 Å². The smallest absolute Gasteiger partial charge is 0.236 e. The van der Waals surface area contributed by atoms with E-state index >= 15 is 0 Å². The molecule has 148 valence electrons. The van der Waals surface area contributed by atoms with Gasteiger partial charge in [0.05, 0.1) is 12.6 Å². The normalized spacial score (nSPS) is 34.8. The Balaban J connectivity index is 1.43. The maximum absolute atomic E-state index is 12.9. The summed E-state index contributed by atoms with van der Waals surface area (Å²) in [5.74, 6) is 0.258. The van der Waals surface area contributed by atoms with Crippen molar-refractivity contribution < 1.29 is 15.0 Å². The van der Waals surface area contributed by atoms with E-state index in [1.165, 1.54) is 0 Å². The molecule has 2 N–H and O–H groups in total. The molecule has 1 spiro atoms. The summed E-state index contributed by atoms with van der Waals surface area (Å²) in [7, 11) is 2.12. The zero-order valence-electron chi connectivity index (χ0n) is 16.1. The molecule has 1 aromatic rings. The first-order valence-electron chi connectivity index (χ1n) is 10.1. The summed E-state index contributed by atoms with van der Waals surface area (Å²) >= 11 is 0. The van der Waals surface area contributed by atoms with E-state index in [0.717, 1.165) is 38.2 Å². The van der Waals surface area contributed by atoms with E-state index in [4.69, 9.17) is 0 Å². The standard InChI is InChI=1S/C21H31N3O3/c1-22-8-5-9-23(11-10-22)13-19(27)24-12-18(26)21(15-24)17(14-25)20(21)16-6-3-2-4-7-16/h2-4,6-7,17-18,20,25-26H,5,8-15H2,1H3/t17-,18-,20-,21-/m1/s1. The Hall–Kier alpha value is -1.47. The predicted molar refractivity (Wildman–Crippen MR) is 103 cm³/mol. The number of benzene rings is 1. The van der Waals surface area contributed by atoms with Crippen LogP contribution >= 0.6 is 0 Å². The minimum atomic E-state index is -0.570. The van der Waals surface area contributed by atoms with Crippen LogP contribution in [0, 0.1) is 11.3 Å². The van der Waals surface area contributed by atoms with E-state index in [1.54, 1.807) is 0 Å². The highest BCUT2D eigenvalue weighted by Crippen LogP contribution is 2.68. The quantitative estimate of drug-likeness (QED) is 0.790. The van der Waals surface area contributed by atoms with Gasteiger partial charge in [0.2, 0.25) is 5.91 Å². The molecular weight excluding hydrogens is 342 g/mol. The van der Waals surface area contributed by atoms with Crippen LogP contribution in [0.4, 0.5) is 0 Å². The Kier molecular flexibility index (Phi) is 5.25. The van der Waals surface area contributed by atoms with Crippen LogP contribution in [0.2, 0.25) is 0 Å². The molecule has 1 amide bonds. The van der Waals surface area contributed by atoms with Gasteiger partial charge in [0.25, 0.3) is 0 Å². The topological polar surface area (TPSA) is 67.2 Å². The van der Waals surface area contributed by atoms with Gasteiger partial charge in [-0.25, -0.2) is 0 Å². The Bertz CT molecular complexity index is 670. The number of carbonyl (C=O) groups excluding carboxylic acids is 1. The van der Waals surface area contributed by atoms with Crippen LogP contribution in [0.1, 0.15) is 17.9 Å². The number of β-amino-alcohol motifs (C(OH)–C–C–N with tert-alkyl or cyclic N) is 1. The molecular formula is C21H31N3O3. The highest BCUT2D eigenvalue weighted by molar-refractivity contribution is 5.79. The molecule has 2 aliphatic heterocycles. The monoisotopic (exact) mass is 373 g/mol. The molecule has 0 aromatic heterocycles. The van der Waals surface area contributed by atoms with Gasteiger partial charge in [-0.2, -0.15) is 0 Å². The van der Waals surface area contributed by atoms with Crippen molar-refractivity contribution in [3.63, 3.8) is 0 Å². The molecule has 0 radical (unpaired) electrons. The van der Waals surface area contributed by atoms with Crippen LogP contribution in [0.25, 0.3) is 0 Å². The first-order valence-corrected chi connectivity index (χ1v) is 10.1. The van der Waals surface area contributed by atoms with Crippen molar-refractivity contribution in [2.75, 3.05) is 59.5 Å². The number of carbonyl (C=O) groups is 1. The maximum Gasteiger partial charge on any atom is 0.236 e. The third kappa shape index (κ3) is 3.40. The average molecular weight is 373 g/mol. The molecule has 2 saturated heterocycles. The predicted octanol–water partition coefficient (Wildman–Crippen LogP) is 0.219. The molecule has 2 heterocycles. The lowest BCUT2D eigenvalue weighted by molar-refractivity contribution is -0.131. The summed E-state index contributed by atoms with van der Waals surface area (Å²) in [6.07, 6.45) is 0.512. The summed E-state index contributed by atoms with van der Waals surface area (Å²) in [5.41, 5.74) is 0.769. The Morgan fingerprint density at radius 1 is 1.19 bits per heavy atom. The van der Waals surface area contributed by atoms with E-state index in [0.29, 0.717) is 19.6 Å². The van der Waals surface area contributed by atoms with Crippen LogP contribution in [0.3, 0.4) is 0 Å². The molecule has 1 saturated carbocycles. The van der Waals surface area contributed by atoms with Crippen molar-refractivity contribution >= 4 is 5.91 Å². The van der Waals surface area contributed by atoms with Crippen LogP contribution in [-0.4, -0.2) is 96.4 Å². The van der Waals surface area contributed by atoms with Gasteiger partial charge in [-0.1, -0.05) is 30.3 Å². The van der Waals surface area contributed by atoms with Crippen molar-refractivity contribution in [3.8, 4) is 0 Å². The second-order valence-corrected chi connectivity index (χ2v) is 8.51. The zero-order valence-corrected chi connectivity index (χ0v) is 16.1. The Labute approximate surface area is 161 Å². The molecule has 6 heteroatoms. The van der Waals surface area contributed by atoms with Gasteiger partial charge in [0.1, 0.15) is 0 Å². The minimum Gasteiger partial charge on any atom is -0.396 e. The van der Waals surface area contributed by atoms with E-state index in [2.05, 4.69) is 29.0 Å². The lowest BCUT2D eigenvalue weighted by Crippen LogP contribution is -2.41. The number of likely N-dealkylation sites (tertiary alicyclic amines) is 1. The van der Waals surface area contributed by atoms with Gasteiger partial charge < -0.3 is 20.0 Å². The van der Waals surface area contributed by atoms with E-state index in [9.17, 15) is 15.0 Å². The third-order valence-electron chi connectivity index (χ3n) is 6.92. The number of nitrogens with zero attached hydrogens (tertiary/aromatic N) is 3. The van der Waals surface area contributed by atoms with Crippen LogP contribution in [0.15, 0.2) is 30.3 Å². The number of aliphatic hydroxyl groups excluding tert-OH is 2. The first-order chi connectivity index (χ1) is 13.1. The van der Waals surface area contributed by atoms with E-state index < -0.39 is 6.10 Å². The van der Waals surface area contributed by atoms with Gasteiger partial charge in [-0.05, 0) is 44.0 Å². The largest absolute Gasteiger partial charge is 0.396 e. The average Bonchev–Trinajstić information content (AvgIpc) is 3.27. The van der Waals surface area contributed by atoms with Crippen molar-refractivity contribution in [2.45, 2.75) is 18.4 Å². The second kappa shape index (κ2) is 7.51. The number of likely N-dealkylation sites (N-methyl/N-ethyl adjacent to an activating group) is 1. The number of aliphatic hydroxyl groups is 2. The van der Waals surface area contributed by atoms with Crippen LogP contribution < -0.4 is 0 Å². The zero-order chi connectivity index (χ0) is 19.0. The molecule has 3 aliphatic rings. The number of hydrogen-bond donors (Lipinski definition) is 2. The van der Waals surface area contributed by atoms with Crippen LogP contribution in [-0.2, 0) is 4.79 Å². The van der Waals surface area contributed by atoms with Crippen molar-refractivity contribution in [1.29, 1.82) is 0 Å². The molecule has 4 rings (SSSR count). The Morgan fingerprint density at radius 2 is 1.96 bits per heavy atom. The highest BCUT2D eigenvalue weighted by atomic mass is 16.3. The van der Waals surface area contributed by atoms with Crippen molar-refractivity contribution in [1.82, 2.24) is 14.7 Å². The van der Waals surface area contributed by atoms with E-state index in [1.807, 2.05) is 23.1 Å². The van der Waals surface area contributed by atoms with E-state index in [-0.39, 0.29) is 29.8 Å². The molecule has 4 atom stereocenters. The number of amides is 1. The number of hydrogen-bond acceptors (Lipinski definition) is 5. The van der Waals surface area contributed by atoms with Crippen molar-refractivity contribution in [3.05, 3.63) is 35.9 Å². The fourth-order valence-electron chi connectivity index (χ4n) is 5.31. The molecule has 27 heavy (non-hydrogen) atoms. The SMILES string of the molecule is CN1CCCN(CC(=O)N2C[C@@H](O)[C@@]3(C2)[C@H](CO)[C@H]3c2ccccc2)CC1. The molecule has 1 aromatic carbocycles. The Morgan fingerprint density at radius 3 is 2.70 bits per heavy atom. The van der Waals surface area contributed by atoms with Gasteiger partial charge in [-0.3, -0.25) is 9.69 Å². The first kappa shape index (κ1) is 18.9. The molecule has 6 nitrogen and oxygen atoms in total. The van der Waals surface area contributed by atoms with Gasteiger partial charge >= 0.3 is 0 Å². The summed E-state index contributed by atoms with van der Waals surface area (Å²) < 4.78 is 0. The lowest BCUT2D eigenvalue weighted by Gasteiger charge is -2.23. The summed E-state index contributed by atoms with van der Waals surface area (Å²) in [4.78, 5) is 19.3. The highest BCUT2D eigenvalue weighted by Gasteiger charge is 2.71. The number of rotatable bonds is 4. The second-order valence-electron chi connectivity index (χ2n) is 8.51. The van der Waals surface area contributed by atoms with Gasteiger partial charge in [0.15, 0.2) is 0 Å². The summed E-state index contributed by atoms with van der Waals surface area (Å²) in [6.45, 7) is 5.33. The van der Waals surface area contributed by atoms with Gasteiger partial charge in [-0.15, -0.1) is 0 Å². The molecule has 1 aliphatic carbocycles. The lowest BCUT2D eigenvalue weighted by atomic mass is 9.95. The third-order valence-corrected chi connectivity index (χ3v) is 6.92.